The van der Waals surface area contributed by atoms with Crippen LogP contribution in [0, 0.1) is 12.8 Å². The molecular formula is C11H16N2O2. The molecule has 1 saturated heterocycles. The molecule has 15 heavy (non-hydrogen) atoms. The normalized spacial score (nSPS) is 25.5. The first kappa shape index (κ1) is 10.2. The van der Waals surface area contributed by atoms with Crippen LogP contribution in [0.4, 0.5) is 0 Å². The van der Waals surface area contributed by atoms with Gasteiger partial charge in [0.05, 0.1) is 0 Å². The zero-order chi connectivity index (χ0) is 10.8. The van der Waals surface area contributed by atoms with Crippen molar-refractivity contribution in [3.05, 3.63) is 23.7 Å². The summed E-state index contributed by atoms with van der Waals surface area (Å²) in [5, 5.41) is 6.20. The Kier molecular flexibility index (Phi) is 2.77. The lowest BCUT2D eigenvalue weighted by molar-refractivity contribution is 0.0903. The molecule has 1 amide bonds. The Morgan fingerprint density at radius 1 is 1.53 bits per heavy atom. The van der Waals surface area contributed by atoms with E-state index in [1.807, 2.05) is 6.92 Å². The van der Waals surface area contributed by atoms with Crippen molar-refractivity contribution in [3.8, 4) is 0 Å². The van der Waals surface area contributed by atoms with Crippen LogP contribution < -0.4 is 10.6 Å². The molecule has 0 saturated carbocycles. The highest BCUT2D eigenvalue weighted by Gasteiger charge is 2.25. The first-order valence-corrected chi connectivity index (χ1v) is 5.25. The quantitative estimate of drug-likeness (QED) is 0.760. The van der Waals surface area contributed by atoms with Crippen LogP contribution in [-0.2, 0) is 0 Å². The smallest absolute Gasteiger partial charge is 0.287 e. The standard InChI is InChI=1S/C11H16N2O2/c1-7-5-12-6-9(7)13-11(14)10-4-3-8(2)15-10/h3-4,7,9,12H,5-6H2,1-2H3,(H,13,14). The van der Waals surface area contributed by atoms with Gasteiger partial charge in [-0.25, -0.2) is 0 Å². The summed E-state index contributed by atoms with van der Waals surface area (Å²) in [5.41, 5.74) is 0. The van der Waals surface area contributed by atoms with Crippen molar-refractivity contribution < 1.29 is 9.21 Å². The van der Waals surface area contributed by atoms with Crippen LogP contribution in [0.5, 0.6) is 0 Å². The first-order chi connectivity index (χ1) is 7.16. The summed E-state index contributed by atoms with van der Waals surface area (Å²) >= 11 is 0. The predicted octanol–water partition coefficient (Wildman–Crippen LogP) is 0.926. The molecule has 2 rings (SSSR count). The fraction of sp³-hybridized carbons (Fsp3) is 0.545. The third-order valence-corrected chi connectivity index (χ3v) is 2.80. The van der Waals surface area contributed by atoms with Gasteiger partial charge >= 0.3 is 0 Å². The number of hydrogen-bond donors (Lipinski definition) is 2. The maximum Gasteiger partial charge on any atom is 0.287 e. The van der Waals surface area contributed by atoms with Crippen LogP contribution in [0.3, 0.4) is 0 Å². The largest absolute Gasteiger partial charge is 0.456 e. The second-order valence-corrected chi connectivity index (χ2v) is 4.13. The van der Waals surface area contributed by atoms with Gasteiger partial charge in [-0.15, -0.1) is 0 Å². The van der Waals surface area contributed by atoms with Gasteiger partial charge in [0.2, 0.25) is 0 Å². The highest BCUT2D eigenvalue weighted by molar-refractivity contribution is 5.91. The lowest BCUT2D eigenvalue weighted by Crippen LogP contribution is -2.39. The third-order valence-electron chi connectivity index (χ3n) is 2.80. The summed E-state index contributed by atoms with van der Waals surface area (Å²) in [6.07, 6.45) is 0. The monoisotopic (exact) mass is 208 g/mol. The molecule has 4 heteroatoms. The molecule has 1 aliphatic heterocycles. The number of furan rings is 1. The molecule has 1 fully saturated rings. The highest BCUT2D eigenvalue weighted by Crippen LogP contribution is 2.10. The predicted molar refractivity (Wildman–Crippen MR) is 56.7 cm³/mol. The van der Waals surface area contributed by atoms with E-state index in [1.54, 1.807) is 12.1 Å². The lowest BCUT2D eigenvalue weighted by Gasteiger charge is -2.14. The topological polar surface area (TPSA) is 54.3 Å². The Hall–Kier alpha value is -1.29. The number of aryl methyl sites for hydroxylation is 1. The van der Waals surface area contributed by atoms with Crippen molar-refractivity contribution in [1.82, 2.24) is 10.6 Å². The number of rotatable bonds is 2. The zero-order valence-electron chi connectivity index (χ0n) is 9.04. The van der Waals surface area contributed by atoms with E-state index in [2.05, 4.69) is 17.6 Å². The Morgan fingerprint density at radius 3 is 2.87 bits per heavy atom. The summed E-state index contributed by atoms with van der Waals surface area (Å²) in [5.74, 6) is 1.51. The lowest BCUT2D eigenvalue weighted by atomic mass is 10.1. The number of carbonyl (C=O) groups is 1. The molecule has 0 bridgehead atoms. The van der Waals surface area contributed by atoms with E-state index in [0.717, 1.165) is 18.8 Å². The summed E-state index contributed by atoms with van der Waals surface area (Å²) in [6, 6.07) is 3.71. The van der Waals surface area contributed by atoms with Crippen molar-refractivity contribution in [3.63, 3.8) is 0 Å². The molecule has 2 heterocycles. The van der Waals surface area contributed by atoms with E-state index in [-0.39, 0.29) is 11.9 Å². The molecule has 1 aromatic rings. The Balaban J connectivity index is 1.97. The molecule has 0 radical (unpaired) electrons. The Morgan fingerprint density at radius 2 is 2.33 bits per heavy atom. The molecule has 1 aromatic heterocycles. The number of hydrogen-bond acceptors (Lipinski definition) is 3. The molecule has 0 spiro atoms. The van der Waals surface area contributed by atoms with E-state index in [4.69, 9.17) is 4.42 Å². The molecule has 2 unspecified atom stereocenters. The zero-order valence-corrected chi connectivity index (χ0v) is 9.04. The summed E-state index contributed by atoms with van der Waals surface area (Å²) in [6.45, 7) is 5.75. The third kappa shape index (κ3) is 2.21. The maximum atomic E-state index is 11.7. The number of amides is 1. The van der Waals surface area contributed by atoms with Crippen molar-refractivity contribution >= 4 is 5.91 Å². The van der Waals surface area contributed by atoms with Gasteiger partial charge in [0.1, 0.15) is 5.76 Å². The van der Waals surface area contributed by atoms with Crippen LogP contribution in [0.25, 0.3) is 0 Å². The Bertz CT molecular complexity index is 359. The van der Waals surface area contributed by atoms with Crippen LogP contribution in [-0.4, -0.2) is 25.0 Å². The first-order valence-electron chi connectivity index (χ1n) is 5.25. The Labute approximate surface area is 89.0 Å². The van der Waals surface area contributed by atoms with Crippen LogP contribution in [0.1, 0.15) is 23.2 Å². The van der Waals surface area contributed by atoms with Gasteiger partial charge in [-0.1, -0.05) is 6.92 Å². The average molecular weight is 208 g/mol. The van der Waals surface area contributed by atoms with E-state index >= 15 is 0 Å². The van der Waals surface area contributed by atoms with Gasteiger partial charge in [0.15, 0.2) is 5.76 Å². The molecule has 4 nitrogen and oxygen atoms in total. The second kappa shape index (κ2) is 4.06. The van der Waals surface area contributed by atoms with Gasteiger partial charge in [-0.05, 0) is 31.5 Å². The molecule has 1 aliphatic rings. The molecular weight excluding hydrogens is 192 g/mol. The van der Waals surface area contributed by atoms with Gasteiger partial charge in [0, 0.05) is 12.6 Å². The average Bonchev–Trinajstić information content (AvgIpc) is 2.77. The van der Waals surface area contributed by atoms with Crippen LogP contribution in [0.2, 0.25) is 0 Å². The fourth-order valence-electron chi connectivity index (χ4n) is 1.80. The van der Waals surface area contributed by atoms with Crippen molar-refractivity contribution in [2.45, 2.75) is 19.9 Å². The van der Waals surface area contributed by atoms with Crippen molar-refractivity contribution in [2.75, 3.05) is 13.1 Å². The van der Waals surface area contributed by atoms with E-state index in [0.29, 0.717) is 11.7 Å². The van der Waals surface area contributed by atoms with Gasteiger partial charge in [-0.2, -0.15) is 0 Å². The van der Waals surface area contributed by atoms with E-state index in [1.165, 1.54) is 0 Å². The SMILES string of the molecule is Cc1ccc(C(=O)NC2CNCC2C)o1. The highest BCUT2D eigenvalue weighted by atomic mass is 16.3. The van der Waals surface area contributed by atoms with Crippen molar-refractivity contribution in [1.29, 1.82) is 0 Å². The molecule has 82 valence electrons. The van der Waals surface area contributed by atoms with Crippen LogP contribution in [0.15, 0.2) is 16.5 Å². The van der Waals surface area contributed by atoms with Crippen LogP contribution >= 0.6 is 0 Å². The van der Waals surface area contributed by atoms with Gasteiger partial charge < -0.3 is 15.1 Å². The van der Waals surface area contributed by atoms with Crippen molar-refractivity contribution in [2.24, 2.45) is 5.92 Å². The van der Waals surface area contributed by atoms with E-state index < -0.39 is 0 Å². The minimum Gasteiger partial charge on any atom is -0.456 e. The minimum atomic E-state index is -0.122. The molecule has 2 atom stereocenters. The van der Waals surface area contributed by atoms with E-state index in [9.17, 15) is 4.79 Å². The summed E-state index contributed by atoms with van der Waals surface area (Å²) in [7, 11) is 0. The summed E-state index contributed by atoms with van der Waals surface area (Å²) in [4.78, 5) is 11.7. The molecule has 0 aromatic carbocycles. The molecule has 0 aliphatic carbocycles. The molecule has 2 N–H and O–H groups in total. The number of nitrogens with one attached hydrogen (secondary N) is 2. The summed E-state index contributed by atoms with van der Waals surface area (Å²) < 4.78 is 5.26. The minimum absolute atomic E-state index is 0.122. The van der Waals surface area contributed by atoms with Gasteiger partial charge in [0.25, 0.3) is 5.91 Å². The van der Waals surface area contributed by atoms with Gasteiger partial charge in [-0.3, -0.25) is 4.79 Å². The fourth-order valence-corrected chi connectivity index (χ4v) is 1.80. The number of carbonyl (C=O) groups excluding carboxylic acids is 1. The second-order valence-electron chi connectivity index (χ2n) is 4.13. The maximum absolute atomic E-state index is 11.7.